The summed E-state index contributed by atoms with van der Waals surface area (Å²) in [4.78, 5) is 15.8. The van der Waals surface area contributed by atoms with Crippen molar-refractivity contribution in [2.24, 2.45) is 7.05 Å². The molecule has 1 fully saturated rings. The number of morpholine rings is 1. The summed E-state index contributed by atoms with van der Waals surface area (Å²) in [6.45, 7) is 5.52. The van der Waals surface area contributed by atoms with Gasteiger partial charge in [-0.05, 0) is 38.0 Å². The number of fused-ring (bicyclic) bond motifs is 1. The molecule has 0 bridgehead atoms. The van der Waals surface area contributed by atoms with Crippen molar-refractivity contribution in [2.45, 2.75) is 32.4 Å². The molecule has 1 atom stereocenters. The molecule has 2 aromatic heterocycles. The highest BCUT2D eigenvalue weighted by molar-refractivity contribution is 5.75. The van der Waals surface area contributed by atoms with Crippen molar-refractivity contribution in [1.82, 2.24) is 24.4 Å². The number of ether oxygens (including phenoxy) is 1. The molecule has 3 heterocycles. The Kier molecular flexibility index (Phi) is 4.95. The second-order valence-corrected chi connectivity index (χ2v) is 6.99. The van der Waals surface area contributed by atoms with Crippen LogP contribution in [0.3, 0.4) is 0 Å². The van der Waals surface area contributed by atoms with Gasteiger partial charge in [0, 0.05) is 31.5 Å². The minimum absolute atomic E-state index is 0.244. The highest BCUT2D eigenvalue weighted by Gasteiger charge is 2.22. The van der Waals surface area contributed by atoms with Crippen LogP contribution in [-0.4, -0.2) is 50.2 Å². The summed E-state index contributed by atoms with van der Waals surface area (Å²) >= 11 is 0. The highest BCUT2D eigenvalue weighted by atomic mass is 16.5. The van der Waals surface area contributed by atoms with Crippen LogP contribution in [0.25, 0.3) is 11.0 Å². The molecule has 0 radical (unpaired) electrons. The maximum absolute atomic E-state index is 5.97. The highest BCUT2D eigenvalue weighted by Crippen LogP contribution is 2.18. The molecule has 6 nitrogen and oxygen atoms in total. The molecule has 3 aromatic rings. The van der Waals surface area contributed by atoms with E-state index in [-0.39, 0.29) is 6.10 Å². The average molecular weight is 351 g/mol. The first kappa shape index (κ1) is 17.1. The molecule has 0 amide bonds. The van der Waals surface area contributed by atoms with Gasteiger partial charge in [0.2, 0.25) is 0 Å². The number of aryl methyl sites for hydroxylation is 3. The fourth-order valence-electron chi connectivity index (χ4n) is 3.59. The van der Waals surface area contributed by atoms with E-state index in [1.54, 1.807) is 6.33 Å². The molecule has 1 aliphatic rings. The summed E-state index contributed by atoms with van der Waals surface area (Å²) in [6.07, 6.45) is 3.79. The molecular formula is C20H25N5O. The van der Waals surface area contributed by atoms with Gasteiger partial charge in [0.05, 0.1) is 30.3 Å². The van der Waals surface area contributed by atoms with Gasteiger partial charge in [0.1, 0.15) is 12.2 Å². The second-order valence-electron chi connectivity index (χ2n) is 6.99. The molecule has 1 saturated heterocycles. The largest absolute Gasteiger partial charge is 0.376 e. The first-order valence-electron chi connectivity index (χ1n) is 9.21. The normalized spacial score (nSPS) is 18.5. The second kappa shape index (κ2) is 7.51. The molecule has 0 N–H and O–H groups in total. The number of hydrogen-bond acceptors (Lipinski definition) is 5. The van der Waals surface area contributed by atoms with Crippen LogP contribution in [0.15, 0.2) is 36.7 Å². The lowest BCUT2D eigenvalue weighted by Crippen LogP contribution is -2.42. The Hall–Kier alpha value is -2.31. The molecule has 0 aliphatic carbocycles. The van der Waals surface area contributed by atoms with Gasteiger partial charge in [0.25, 0.3) is 0 Å². The fraction of sp³-hybridized carbons (Fsp3) is 0.450. The van der Waals surface area contributed by atoms with Crippen molar-refractivity contribution in [2.75, 3.05) is 19.7 Å². The zero-order valence-electron chi connectivity index (χ0n) is 15.4. The molecule has 26 heavy (non-hydrogen) atoms. The molecule has 1 aromatic carbocycles. The number of para-hydroxylation sites is 2. The van der Waals surface area contributed by atoms with E-state index in [0.717, 1.165) is 61.8 Å². The lowest BCUT2D eigenvalue weighted by molar-refractivity contribution is -0.0355. The van der Waals surface area contributed by atoms with Crippen LogP contribution >= 0.6 is 0 Å². The summed E-state index contributed by atoms with van der Waals surface area (Å²) in [5.74, 6) is 1.11. The number of benzene rings is 1. The summed E-state index contributed by atoms with van der Waals surface area (Å²) in [7, 11) is 2.10. The van der Waals surface area contributed by atoms with Crippen molar-refractivity contribution in [1.29, 1.82) is 0 Å². The first-order chi connectivity index (χ1) is 12.7. The van der Waals surface area contributed by atoms with Gasteiger partial charge in [-0.2, -0.15) is 0 Å². The zero-order chi connectivity index (χ0) is 17.9. The number of imidazole rings is 1. The van der Waals surface area contributed by atoms with E-state index in [1.807, 2.05) is 13.0 Å². The molecule has 0 spiro atoms. The molecule has 6 heteroatoms. The topological polar surface area (TPSA) is 56.1 Å². The van der Waals surface area contributed by atoms with Gasteiger partial charge in [-0.3, -0.25) is 4.90 Å². The maximum atomic E-state index is 5.97. The summed E-state index contributed by atoms with van der Waals surface area (Å²) < 4.78 is 8.17. The van der Waals surface area contributed by atoms with Gasteiger partial charge in [-0.1, -0.05) is 12.1 Å². The number of aromatic nitrogens is 4. The Morgan fingerprint density at radius 1 is 1.23 bits per heavy atom. The minimum Gasteiger partial charge on any atom is -0.376 e. The average Bonchev–Trinajstić information content (AvgIpc) is 2.96. The number of rotatable bonds is 5. The van der Waals surface area contributed by atoms with E-state index in [4.69, 9.17) is 9.72 Å². The van der Waals surface area contributed by atoms with Gasteiger partial charge in [-0.15, -0.1) is 0 Å². The SMILES string of the molecule is Cc1cc(CCC2CN(Cc3nc4ccccc4n3C)CCO2)ncn1. The summed E-state index contributed by atoms with van der Waals surface area (Å²) in [5, 5.41) is 0. The molecule has 4 rings (SSSR count). The Labute approximate surface area is 153 Å². The van der Waals surface area contributed by atoms with Crippen molar-refractivity contribution >= 4 is 11.0 Å². The van der Waals surface area contributed by atoms with Crippen LogP contribution in [0.1, 0.15) is 23.6 Å². The van der Waals surface area contributed by atoms with Crippen LogP contribution in [0.2, 0.25) is 0 Å². The van der Waals surface area contributed by atoms with Crippen molar-refractivity contribution in [3.8, 4) is 0 Å². The van der Waals surface area contributed by atoms with E-state index in [0.29, 0.717) is 0 Å². The van der Waals surface area contributed by atoms with Crippen molar-refractivity contribution in [3.63, 3.8) is 0 Å². The smallest absolute Gasteiger partial charge is 0.123 e. The third-order valence-corrected chi connectivity index (χ3v) is 5.05. The van der Waals surface area contributed by atoms with Crippen LogP contribution in [0.5, 0.6) is 0 Å². The van der Waals surface area contributed by atoms with E-state index in [2.05, 4.69) is 50.7 Å². The fourth-order valence-corrected chi connectivity index (χ4v) is 3.59. The molecule has 1 aliphatic heterocycles. The van der Waals surface area contributed by atoms with Gasteiger partial charge in [-0.25, -0.2) is 15.0 Å². The van der Waals surface area contributed by atoms with Gasteiger partial charge < -0.3 is 9.30 Å². The monoisotopic (exact) mass is 351 g/mol. The van der Waals surface area contributed by atoms with Gasteiger partial charge >= 0.3 is 0 Å². The quantitative estimate of drug-likeness (QED) is 0.707. The van der Waals surface area contributed by atoms with E-state index < -0.39 is 0 Å². The van der Waals surface area contributed by atoms with E-state index >= 15 is 0 Å². The predicted molar refractivity (Wildman–Crippen MR) is 101 cm³/mol. The lowest BCUT2D eigenvalue weighted by Gasteiger charge is -2.32. The van der Waals surface area contributed by atoms with Crippen LogP contribution < -0.4 is 0 Å². The molecular weight excluding hydrogens is 326 g/mol. The summed E-state index contributed by atoms with van der Waals surface area (Å²) in [5.41, 5.74) is 4.36. The Bertz CT molecular complexity index is 891. The van der Waals surface area contributed by atoms with Gasteiger partial charge in [0.15, 0.2) is 0 Å². The summed E-state index contributed by atoms with van der Waals surface area (Å²) in [6, 6.07) is 10.4. The predicted octanol–water partition coefficient (Wildman–Crippen LogP) is 2.51. The number of hydrogen-bond donors (Lipinski definition) is 0. The molecule has 1 unspecified atom stereocenters. The molecule has 0 saturated carbocycles. The molecule has 136 valence electrons. The third kappa shape index (κ3) is 3.76. The van der Waals surface area contributed by atoms with Crippen molar-refractivity contribution < 1.29 is 4.74 Å². The van der Waals surface area contributed by atoms with Crippen LogP contribution in [0, 0.1) is 6.92 Å². The minimum atomic E-state index is 0.244. The number of nitrogens with zero attached hydrogens (tertiary/aromatic N) is 5. The van der Waals surface area contributed by atoms with E-state index in [1.165, 1.54) is 5.52 Å². The Balaban J connectivity index is 1.38. The Morgan fingerprint density at radius 2 is 2.12 bits per heavy atom. The van der Waals surface area contributed by atoms with Crippen LogP contribution in [0.4, 0.5) is 0 Å². The first-order valence-corrected chi connectivity index (χ1v) is 9.21. The van der Waals surface area contributed by atoms with Crippen LogP contribution in [-0.2, 0) is 24.8 Å². The zero-order valence-corrected chi connectivity index (χ0v) is 15.4. The Morgan fingerprint density at radius 3 is 2.96 bits per heavy atom. The standard InChI is InChI=1S/C20H25N5O/c1-15-11-16(22-14-21-15)7-8-17-12-25(9-10-26-17)13-20-23-18-5-3-4-6-19(18)24(20)2/h3-6,11,14,17H,7-10,12-13H2,1-2H3. The third-order valence-electron chi connectivity index (χ3n) is 5.05. The maximum Gasteiger partial charge on any atom is 0.123 e. The lowest BCUT2D eigenvalue weighted by atomic mass is 10.1. The van der Waals surface area contributed by atoms with Crippen molar-refractivity contribution in [3.05, 3.63) is 53.9 Å². The van der Waals surface area contributed by atoms with E-state index in [9.17, 15) is 0 Å².